The Morgan fingerprint density at radius 1 is 1.21 bits per heavy atom. The number of piperidine rings is 1. The third kappa shape index (κ3) is 3.73. The second kappa shape index (κ2) is 8.02. The summed E-state index contributed by atoms with van der Waals surface area (Å²) >= 11 is 6.29. The number of aromatic nitrogens is 3. The van der Waals surface area contributed by atoms with E-state index in [0.717, 1.165) is 24.0 Å². The molecule has 1 N–H and O–H groups in total. The third-order valence-corrected chi connectivity index (χ3v) is 5.31. The Bertz CT molecular complexity index is 980. The molecule has 0 saturated carbocycles. The Morgan fingerprint density at radius 3 is 2.75 bits per heavy atom. The van der Waals surface area contributed by atoms with Crippen LogP contribution in [0.1, 0.15) is 28.8 Å². The zero-order valence-corrected chi connectivity index (χ0v) is 16.3. The van der Waals surface area contributed by atoms with Crippen molar-refractivity contribution in [3.63, 3.8) is 0 Å². The molecule has 1 aromatic carbocycles. The van der Waals surface area contributed by atoms with Crippen LogP contribution in [0.2, 0.25) is 5.02 Å². The van der Waals surface area contributed by atoms with Crippen molar-refractivity contribution >= 4 is 17.5 Å². The molecule has 1 fully saturated rings. The summed E-state index contributed by atoms with van der Waals surface area (Å²) in [5.41, 5.74) is 2.98. The van der Waals surface area contributed by atoms with E-state index in [9.17, 15) is 4.79 Å². The zero-order chi connectivity index (χ0) is 19.5. The van der Waals surface area contributed by atoms with Gasteiger partial charge in [-0.05, 0) is 19.1 Å². The van der Waals surface area contributed by atoms with Crippen molar-refractivity contribution in [1.82, 2.24) is 20.1 Å². The number of nitrogens with zero attached hydrogens (tertiary/aromatic N) is 3. The van der Waals surface area contributed by atoms with Crippen LogP contribution in [0.4, 0.5) is 0 Å². The molecule has 3 aromatic rings. The first-order chi connectivity index (χ1) is 13.6. The van der Waals surface area contributed by atoms with E-state index >= 15 is 0 Å². The van der Waals surface area contributed by atoms with Gasteiger partial charge >= 0.3 is 0 Å². The van der Waals surface area contributed by atoms with Crippen molar-refractivity contribution in [2.45, 2.75) is 25.9 Å². The van der Waals surface area contributed by atoms with Crippen LogP contribution >= 0.6 is 11.6 Å². The third-order valence-electron chi connectivity index (χ3n) is 4.98. The maximum absolute atomic E-state index is 13.1. The Labute approximate surface area is 168 Å². The van der Waals surface area contributed by atoms with Crippen molar-refractivity contribution < 1.29 is 9.53 Å². The second-order valence-electron chi connectivity index (χ2n) is 6.87. The molecule has 0 aliphatic carbocycles. The van der Waals surface area contributed by atoms with Gasteiger partial charge in [0.1, 0.15) is 6.10 Å². The maximum atomic E-state index is 13.1. The maximum Gasteiger partial charge on any atom is 0.257 e. The minimum atomic E-state index is -0.0452. The summed E-state index contributed by atoms with van der Waals surface area (Å²) in [5, 5.41) is 7.57. The number of carbonyl (C=O) groups excluding carboxylic acids is 1. The first-order valence-electron chi connectivity index (χ1n) is 9.29. The van der Waals surface area contributed by atoms with Gasteiger partial charge in [0.2, 0.25) is 5.88 Å². The number of ether oxygens (including phenoxy) is 1. The molecule has 0 radical (unpaired) electrons. The molecule has 3 heterocycles. The lowest BCUT2D eigenvalue weighted by Crippen LogP contribution is -2.42. The van der Waals surface area contributed by atoms with E-state index in [1.54, 1.807) is 18.5 Å². The number of H-pyrrole nitrogens is 1. The largest absolute Gasteiger partial charge is 0.474 e. The Balaban J connectivity index is 1.44. The molecule has 28 heavy (non-hydrogen) atoms. The summed E-state index contributed by atoms with van der Waals surface area (Å²) in [5.74, 6) is 0.624. The number of amides is 1. The van der Waals surface area contributed by atoms with Crippen molar-refractivity contribution in [2.24, 2.45) is 0 Å². The van der Waals surface area contributed by atoms with Crippen molar-refractivity contribution in [3.8, 4) is 17.1 Å². The number of aryl methyl sites for hydroxylation is 1. The lowest BCUT2D eigenvalue weighted by atomic mass is 10.0. The molecule has 0 atom stereocenters. The van der Waals surface area contributed by atoms with Crippen LogP contribution in [-0.2, 0) is 0 Å². The summed E-state index contributed by atoms with van der Waals surface area (Å²) < 4.78 is 6.03. The van der Waals surface area contributed by atoms with Crippen LogP contribution in [0.15, 0.2) is 48.8 Å². The lowest BCUT2D eigenvalue weighted by Gasteiger charge is -2.32. The average Bonchev–Trinajstić information content (AvgIpc) is 3.20. The molecular formula is C21H21ClN4O2. The highest BCUT2D eigenvalue weighted by molar-refractivity contribution is 6.33. The summed E-state index contributed by atoms with van der Waals surface area (Å²) in [6.07, 6.45) is 4.89. The van der Waals surface area contributed by atoms with Gasteiger partial charge in [-0.3, -0.25) is 9.89 Å². The fourth-order valence-electron chi connectivity index (χ4n) is 3.42. The molecule has 4 rings (SSSR count). The molecule has 1 aliphatic heterocycles. The highest BCUT2D eigenvalue weighted by Crippen LogP contribution is 2.30. The standard InChI is InChI=1S/C21H21ClN4O2/c1-14-5-4-10-23-20(14)28-15-8-11-26(12-9-15)21(27)17-13-24-25-19(17)16-6-2-3-7-18(16)22/h2-7,10,13,15H,8-9,11-12H2,1H3,(H,24,25). The van der Waals surface area contributed by atoms with Crippen LogP contribution in [0.3, 0.4) is 0 Å². The summed E-state index contributed by atoms with van der Waals surface area (Å²) in [6, 6.07) is 11.3. The predicted molar refractivity (Wildman–Crippen MR) is 108 cm³/mol. The number of halogens is 1. The first kappa shape index (κ1) is 18.5. The van der Waals surface area contributed by atoms with E-state index in [2.05, 4.69) is 15.2 Å². The van der Waals surface area contributed by atoms with Crippen molar-refractivity contribution in [1.29, 1.82) is 0 Å². The minimum absolute atomic E-state index is 0.0452. The molecule has 7 heteroatoms. The zero-order valence-electron chi connectivity index (χ0n) is 15.6. The van der Waals surface area contributed by atoms with E-state index in [4.69, 9.17) is 16.3 Å². The van der Waals surface area contributed by atoms with Gasteiger partial charge in [-0.15, -0.1) is 0 Å². The average molecular weight is 397 g/mol. The lowest BCUT2D eigenvalue weighted by molar-refractivity contribution is 0.0587. The van der Waals surface area contributed by atoms with Crippen LogP contribution in [0, 0.1) is 6.92 Å². The highest BCUT2D eigenvalue weighted by atomic mass is 35.5. The SMILES string of the molecule is Cc1cccnc1OC1CCN(C(=O)c2cn[nH]c2-c2ccccc2Cl)CC1. The van der Waals surface area contributed by atoms with Crippen LogP contribution < -0.4 is 4.74 Å². The summed E-state index contributed by atoms with van der Waals surface area (Å²) in [4.78, 5) is 19.2. The molecule has 1 saturated heterocycles. The van der Waals surface area contributed by atoms with Crippen molar-refractivity contribution in [3.05, 3.63) is 64.9 Å². The first-order valence-corrected chi connectivity index (χ1v) is 9.67. The van der Waals surface area contributed by atoms with E-state index in [1.165, 1.54) is 0 Å². The Morgan fingerprint density at radius 2 is 2.00 bits per heavy atom. The van der Waals surface area contributed by atoms with Gasteiger partial charge in [-0.2, -0.15) is 5.10 Å². The molecule has 0 bridgehead atoms. The van der Waals surface area contributed by atoms with Crippen LogP contribution in [-0.4, -0.2) is 45.2 Å². The molecule has 144 valence electrons. The molecule has 1 amide bonds. The Hall–Kier alpha value is -2.86. The van der Waals surface area contributed by atoms with Gasteiger partial charge in [-0.25, -0.2) is 4.98 Å². The number of likely N-dealkylation sites (tertiary alicyclic amines) is 1. The summed E-state index contributed by atoms with van der Waals surface area (Å²) in [6.45, 7) is 3.24. The van der Waals surface area contributed by atoms with E-state index in [0.29, 0.717) is 35.2 Å². The molecule has 6 nitrogen and oxygen atoms in total. The van der Waals surface area contributed by atoms with Crippen LogP contribution in [0.5, 0.6) is 5.88 Å². The number of hydrogen-bond donors (Lipinski definition) is 1. The van der Waals surface area contributed by atoms with E-state index in [1.807, 2.05) is 42.2 Å². The summed E-state index contributed by atoms with van der Waals surface area (Å²) in [7, 11) is 0. The van der Waals surface area contributed by atoms with E-state index < -0.39 is 0 Å². The van der Waals surface area contributed by atoms with Gasteiger partial charge in [0.05, 0.1) is 17.5 Å². The fourth-order valence-corrected chi connectivity index (χ4v) is 3.65. The van der Waals surface area contributed by atoms with Crippen LogP contribution in [0.25, 0.3) is 11.3 Å². The Kier molecular flexibility index (Phi) is 5.30. The molecule has 0 spiro atoms. The normalized spacial score (nSPS) is 14.9. The highest BCUT2D eigenvalue weighted by Gasteiger charge is 2.28. The van der Waals surface area contributed by atoms with Crippen molar-refractivity contribution in [2.75, 3.05) is 13.1 Å². The van der Waals surface area contributed by atoms with Gasteiger partial charge in [0, 0.05) is 48.3 Å². The molecule has 2 aromatic heterocycles. The number of carbonyl (C=O) groups is 1. The molecule has 1 aliphatic rings. The smallest absolute Gasteiger partial charge is 0.257 e. The molecule has 0 unspecified atom stereocenters. The number of nitrogens with one attached hydrogen (secondary N) is 1. The number of rotatable bonds is 4. The number of benzene rings is 1. The van der Waals surface area contributed by atoms with Gasteiger partial charge in [0.15, 0.2) is 0 Å². The number of pyridine rings is 1. The number of hydrogen-bond acceptors (Lipinski definition) is 4. The quantitative estimate of drug-likeness (QED) is 0.720. The predicted octanol–water partition coefficient (Wildman–Crippen LogP) is 4.12. The van der Waals surface area contributed by atoms with E-state index in [-0.39, 0.29) is 12.0 Å². The topological polar surface area (TPSA) is 71.1 Å². The molecular weight excluding hydrogens is 376 g/mol. The van der Waals surface area contributed by atoms with Gasteiger partial charge < -0.3 is 9.64 Å². The monoisotopic (exact) mass is 396 g/mol. The second-order valence-corrected chi connectivity index (χ2v) is 7.28. The fraction of sp³-hybridized carbons (Fsp3) is 0.286. The van der Waals surface area contributed by atoms with Gasteiger partial charge in [0.25, 0.3) is 5.91 Å². The number of aromatic amines is 1. The minimum Gasteiger partial charge on any atom is -0.474 e. The van der Waals surface area contributed by atoms with Gasteiger partial charge in [-0.1, -0.05) is 35.9 Å².